The van der Waals surface area contributed by atoms with Gasteiger partial charge in [0.15, 0.2) is 11.9 Å². The van der Waals surface area contributed by atoms with Gasteiger partial charge >= 0.3 is 5.97 Å². The molecular formula is C14H15BrO4. The number of fused-ring (bicyclic) bond motifs is 1. The largest absolute Gasteiger partial charge is 0.479 e. The monoisotopic (exact) mass is 326 g/mol. The maximum Gasteiger partial charge on any atom is 0.344 e. The number of Topliss-reactive ketones (excluding diaryl/α,β-unsaturated/α-hetero) is 1. The average Bonchev–Trinajstić information content (AvgIpc) is 2.40. The van der Waals surface area contributed by atoms with Gasteiger partial charge < -0.3 is 9.84 Å². The van der Waals surface area contributed by atoms with E-state index in [0.29, 0.717) is 30.6 Å². The molecule has 5 heteroatoms. The highest BCUT2D eigenvalue weighted by molar-refractivity contribution is 9.10. The van der Waals surface area contributed by atoms with Crippen molar-refractivity contribution >= 4 is 27.7 Å². The molecule has 1 N–H and O–H groups in total. The van der Waals surface area contributed by atoms with Crippen LogP contribution in [0.3, 0.4) is 0 Å². The lowest BCUT2D eigenvalue weighted by molar-refractivity contribution is -0.145. The zero-order chi connectivity index (χ0) is 14.0. The van der Waals surface area contributed by atoms with Crippen LogP contribution in [0, 0.1) is 0 Å². The minimum Gasteiger partial charge on any atom is -0.479 e. The number of halogens is 1. The molecule has 4 nitrogen and oxygen atoms in total. The molecule has 19 heavy (non-hydrogen) atoms. The van der Waals surface area contributed by atoms with Crippen molar-refractivity contribution in [3.05, 3.63) is 29.3 Å². The van der Waals surface area contributed by atoms with Gasteiger partial charge in [0.2, 0.25) is 0 Å². The Bertz CT molecular complexity index is 512. The van der Waals surface area contributed by atoms with Crippen molar-refractivity contribution in [2.75, 3.05) is 0 Å². The highest BCUT2D eigenvalue weighted by atomic mass is 79.9. The first-order valence-corrected chi connectivity index (χ1v) is 7.15. The summed E-state index contributed by atoms with van der Waals surface area (Å²) in [6.45, 7) is 1.76. The number of carbonyl (C=O) groups excluding carboxylic acids is 1. The minimum absolute atomic E-state index is 0.0371. The number of rotatable bonds is 4. The van der Waals surface area contributed by atoms with E-state index < -0.39 is 12.1 Å². The molecule has 2 unspecified atom stereocenters. The van der Waals surface area contributed by atoms with Gasteiger partial charge in [-0.3, -0.25) is 4.79 Å². The maximum absolute atomic E-state index is 12.0. The molecule has 0 aromatic heterocycles. The number of hydrogen-bond donors (Lipinski definition) is 1. The van der Waals surface area contributed by atoms with Crippen LogP contribution >= 0.6 is 15.9 Å². The highest BCUT2D eigenvalue weighted by Gasteiger charge is 2.28. The quantitative estimate of drug-likeness (QED) is 0.864. The number of alkyl halides is 1. The number of ether oxygens (including phenoxy) is 1. The fraction of sp³-hybridized carbons (Fsp3) is 0.429. The highest BCUT2D eigenvalue weighted by Crippen LogP contribution is 2.32. The Balaban J connectivity index is 2.33. The van der Waals surface area contributed by atoms with Crippen LogP contribution in [0.4, 0.5) is 0 Å². The molecule has 0 aliphatic heterocycles. The molecule has 0 fully saturated rings. The van der Waals surface area contributed by atoms with Crippen LogP contribution in [0.5, 0.6) is 5.75 Å². The molecule has 0 radical (unpaired) electrons. The molecule has 1 aliphatic rings. The van der Waals surface area contributed by atoms with E-state index in [1.54, 1.807) is 25.1 Å². The molecule has 1 aliphatic carbocycles. The van der Waals surface area contributed by atoms with E-state index in [4.69, 9.17) is 9.84 Å². The number of ketones is 1. The van der Waals surface area contributed by atoms with Crippen LogP contribution in [-0.2, 0) is 11.2 Å². The summed E-state index contributed by atoms with van der Waals surface area (Å²) in [6, 6.07) is 5.22. The summed E-state index contributed by atoms with van der Waals surface area (Å²) in [4.78, 5) is 22.9. The Kier molecular flexibility index (Phi) is 4.24. The molecular weight excluding hydrogens is 312 g/mol. The summed E-state index contributed by atoms with van der Waals surface area (Å²) in [5, 5.41) is 9.03. The summed E-state index contributed by atoms with van der Waals surface area (Å²) in [6.07, 6.45) is 0.927. The zero-order valence-corrected chi connectivity index (χ0v) is 12.1. The van der Waals surface area contributed by atoms with Gasteiger partial charge in [-0.1, -0.05) is 35.0 Å². The van der Waals surface area contributed by atoms with E-state index in [2.05, 4.69) is 15.9 Å². The first-order chi connectivity index (χ1) is 9.04. The lowest BCUT2D eigenvalue weighted by Crippen LogP contribution is -2.28. The zero-order valence-electron chi connectivity index (χ0n) is 10.6. The number of benzene rings is 1. The van der Waals surface area contributed by atoms with Gasteiger partial charge in [-0.25, -0.2) is 4.79 Å². The van der Waals surface area contributed by atoms with Gasteiger partial charge in [-0.05, 0) is 25.3 Å². The van der Waals surface area contributed by atoms with Crippen LogP contribution in [0.15, 0.2) is 18.2 Å². The van der Waals surface area contributed by atoms with E-state index in [-0.39, 0.29) is 10.6 Å². The third kappa shape index (κ3) is 2.81. The molecule has 0 saturated carbocycles. The summed E-state index contributed by atoms with van der Waals surface area (Å²) in [7, 11) is 0. The molecule has 2 atom stereocenters. The van der Waals surface area contributed by atoms with Gasteiger partial charge in [0.05, 0.1) is 4.83 Å². The summed E-state index contributed by atoms with van der Waals surface area (Å²) in [5.41, 5.74) is 1.45. The van der Waals surface area contributed by atoms with Crippen LogP contribution in [-0.4, -0.2) is 27.8 Å². The Morgan fingerprint density at radius 3 is 2.95 bits per heavy atom. The molecule has 0 bridgehead atoms. The van der Waals surface area contributed by atoms with E-state index >= 15 is 0 Å². The van der Waals surface area contributed by atoms with E-state index in [1.165, 1.54) is 0 Å². The number of carboxylic acids is 1. The number of aliphatic carboxylic acids is 1. The molecule has 1 aromatic rings. The summed E-state index contributed by atoms with van der Waals surface area (Å²) < 4.78 is 5.54. The predicted molar refractivity (Wildman–Crippen MR) is 74.2 cm³/mol. The molecule has 0 heterocycles. The summed E-state index contributed by atoms with van der Waals surface area (Å²) >= 11 is 3.35. The van der Waals surface area contributed by atoms with Crippen molar-refractivity contribution in [1.82, 2.24) is 0 Å². The minimum atomic E-state index is -0.986. The van der Waals surface area contributed by atoms with E-state index in [9.17, 15) is 9.59 Å². The van der Waals surface area contributed by atoms with Crippen molar-refractivity contribution in [2.24, 2.45) is 0 Å². The number of hydrogen-bond acceptors (Lipinski definition) is 3. The van der Waals surface area contributed by atoms with Crippen LogP contribution < -0.4 is 4.74 Å². The van der Waals surface area contributed by atoms with Gasteiger partial charge in [-0.15, -0.1) is 0 Å². The second-order valence-corrected chi connectivity index (χ2v) is 5.61. The molecule has 1 aromatic carbocycles. The Morgan fingerprint density at radius 1 is 1.58 bits per heavy atom. The smallest absolute Gasteiger partial charge is 0.344 e. The normalized spacial score (nSPS) is 19.7. The first-order valence-electron chi connectivity index (χ1n) is 6.24. The number of carboxylic acid groups (broad SMARTS) is 1. The van der Waals surface area contributed by atoms with Crippen LogP contribution in [0.25, 0.3) is 0 Å². The second-order valence-electron chi connectivity index (χ2n) is 4.51. The van der Waals surface area contributed by atoms with Crippen molar-refractivity contribution in [3.63, 3.8) is 0 Å². The standard InChI is InChI=1S/C14H15BrO4/c1-2-11(14(17)18)19-12-5-3-4-9-8(12)6-7-10(15)13(9)16/h3-5,10-11H,2,6-7H2,1H3,(H,17,18). The van der Waals surface area contributed by atoms with Crippen LogP contribution in [0.1, 0.15) is 35.7 Å². The van der Waals surface area contributed by atoms with Crippen molar-refractivity contribution < 1.29 is 19.4 Å². The third-order valence-electron chi connectivity index (χ3n) is 3.25. The van der Waals surface area contributed by atoms with Gasteiger partial charge in [0.25, 0.3) is 0 Å². The Morgan fingerprint density at radius 2 is 2.32 bits per heavy atom. The average molecular weight is 327 g/mol. The molecule has 0 amide bonds. The lowest BCUT2D eigenvalue weighted by Gasteiger charge is -2.23. The Labute approximate surface area is 119 Å². The van der Waals surface area contributed by atoms with Crippen LogP contribution in [0.2, 0.25) is 0 Å². The maximum atomic E-state index is 12.0. The van der Waals surface area contributed by atoms with E-state index in [1.807, 2.05) is 0 Å². The van der Waals surface area contributed by atoms with Crippen molar-refractivity contribution in [2.45, 2.75) is 37.1 Å². The SMILES string of the molecule is CCC(Oc1cccc2c1CCC(Br)C2=O)C(=O)O. The molecule has 2 rings (SSSR count). The van der Waals surface area contributed by atoms with Crippen molar-refractivity contribution in [3.8, 4) is 5.75 Å². The lowest BCUT2D eigenvalue weighted by atomic mass is 9.90. The van der Waals surface area contributed by atoms with Gasteiger partial charge in [0.1, 0.15) is 5.75 Å². The fourth-order valence-electron chi connectivity index (χ4n) is 2.20. The number of carbonyl (C=O) groups is 2. The second kappa shape index (κ2) is 5.74. The van der Waals surface area contributed by atoms with Crippen molar-refractivity contribution in [1.29, 1.82) is 0 Å². The predicted octanol–water partition coefficient (Wildman–Crippen LogP) is 2.82. The van der Waals surface area contributed by atoms with Gasteiger partial charge in [0, 0.05) is 11.1 Å². The van der Waals surface area contributed by atoms with E-state index in [0.717, 1.165) is 5.56 Å². The summed E-state index contributed by atoms with van der Waals surface area (Å²) in [5.74, 6) is -0.435. The Hall–Kier alpha value is -1.36. The topological polar surface area (TPSA) is 63.6 Å². The molecule has 0 spiro atoms. The first kappa shape index (κ1) is 14.1. The fourth-order valence-corrected chi connectivity index (χ4v) is 2.67. The third-order valence-corrected chi connectivity index (χ3v) is 4.12. The molecule has 102 valence electrons. The molecule has 0 saturated heterocycles. The van der Waals surface area contributed by atoms with Gasteiger partial charge in [-0.2, -0.15) is 0 Å².